The van der Waals surface area contributed by atoms with E-state index < -0.39 is 11.8 Å². The molecule has 0 radical (unpaired) electrons. The average Bonchev–Trinajstić information content (AvgIpc) is 2.73. The molecule has 0 aromatic heterocycles. The lowest BCUT2D eigenvalue weighted by atomic mass is 9.97. The number of benzene rings is 3. The molecule has 0 saturated heterocycles. The van der Waals surface area contributed by atoms with E-state index in [1.54, 1.807) is 6.07 Å². The molecule has 0 heterocycles. The quantitative estimate of drug-likeness (QED) is 0.491. The van der Waals surface area contributed by atoms with Crippen molar-refractivity contribution in [3.8, 4) is 16.9 Å². The van der Waals surface area contributed by atoms with Gasteiger partial charge in [-0.15, -0.1) is 0 Å². The van der Waals surface area contributed by atoms with Crippen LogP contribution in [0.2, 0.25) is 0 Å². The summed E-state index contributed by atoms with van der Waals surface area (Å²) in [7, 11) is 0. The van der Waals surface area contributed by atoms with Crippen LogP contribution < -0.4 is 10.5 Å². The largest absolute Gasteiger partial charge is 0.486 e. The van der Waals surface area contributed by atoms with E-state index in [-0.39, 0.29) is 24.8 Å². The first-order valence-electron chi connectivity index (χ1n) is 10.0. The predicted octanol–water partition coefficient (Wildman–Crippen LogP) is 5.50. The Hall–Kier alpha value is -3.18. The summed E-state index contributed by atoms with van der Waals surface area (Å²) >= 11 is 0. The number of ether oxygens (including phenoxy) is 1. The van der Waals surface area contributed by atoms with Crippen molar-refractivity contribution in [2.75, 3.05) is 0 Å². The number of halogens is 1. The minimum Gasteiger partial charge on any atom is -0.486 e. The van der Waals surface area contributed by atoms with Gasteiger partial charge in [0.25, 0.3) is 0 Å². The van der Waals surface area contributed by atoms with Gasteiger partial charge < -0.3 is 15.6 Å². The minimum absolute atomic E-state index is 0.00942. The molecule has 0 aliphatic carbocycles. The molecule has 0 aliphatic rings. The highest BCUT2D eigenvalue weighted by Crippen LogP contribution is 2.27. The molecule has 0 unspecified atom stereocenters. The van der Waals surface area contributed by atoms with E-state index in [2.05, 4.69) is 13.0 Å². The van der Waals surface area contributed by atoms with E-state index in [1.807, 2.05) is 42.5 Å². The van der Waals surface area contributed by atoms with Gasteiger partial charge in [-0.05, 0) is 46.9 Å². The maximum absolute atomic E-state index is 14.2. The third-order valence-corrected chi connectivity index (χ3v) is 4.95. The molecule has 1 atom stereocenters. The van der Waals surface area contributed by atoms with Crippen LogP contribution in [-0.4, -0.2) is 11.1 Å². The van der Waals surface area contributed by atoms with Crippen molar-refractivity contribution < 1.29 is 19.0 Å². The normalized spacial score (nSPS) is 11.8. The first-order valence-corrected chi connectivity index (χ1v) is 10.0. The van der Waals surface area contributed by atoms with Crippen LogP contribution in [0.4, 0.5) is 4.39 Å². The third kappa shape index (κ3) is 5.45. The SMILES string of the molecule is CCC[C@@H](N)c1cccc(-c2cccc(COc3c(F)cccc3CC(=O)O)c2)c1. The lowest BCUT2D eigenvalue weighted by Crippen LogP contribution is -2.09. The number of carboxylic acid groups (broad SMARTS) is 1. The summed E-state index contributed by atoms with van der Waals surface area (Å²) in [6.07, 6.45) is 1.66. The van der Waals surface area contributed by atoms with Crippen molar-refractivity contribution in [3.05, 3.63) is 89.2 Å². The summed E-state index contributed by atoms with van der Waals surface area (Å²) in [5, 5.41) is 9.04. The van der Waals surface area contributed by atoms with Gasteiger partial charge in [0, 0.05) is 11.6 Å². The maximum Gasteiger partial charge on any atom is 0.307 e. The Morgan fingerprint density at radius 3 is 2.50 bits per heavy atom. The number of carbonyl (C=O) groups is 1. The number of nitrogens with two attached hydrogens (primary N) is 1. The summed E-state index contributed by atoms with van der Waals surface area (Å²) in [6.45, 7) is 2.25. The van der Waals surface area contributed by atoms with Crippen LogP contribution in [0.3, 0.4) is 0 Å². The fourth-order valence-corrected chi connectivity index (χ4v) is 3.44. The first-order chi connectivity index (χ1) is 14.5. The lowest BCUT2D eigenvalue weighted by Gasteiger charge is -2.14. The van der Waals surface area contributed by atoms with Crippen LogP contribution >= 0.6 is 0 Å². The molecule has 0 aliphatic heterocycles. The highest BCUT2D eigenvalue weighted by Gasteiger charge is 2.13. The zero-order valence-corrected chi connectivity index (χ0v) is 17.0. The monoisotopic (exact) mass is 407 g/mol. The van der Waals surface area contributed by atoms with Gasteiger partial charge in [0.05, 0.1) is 6.42 Å². The van der Waals surface area contributed by atoms with Gasteiger partial charge in [0.1, 0.15) is 6.61 Å². The number of hydrogen-bond acceptors (Lipinski definition) is 3. The predicted molar refractivity (Wildman–Crippen MR) is 116 cm³/mol. The Labute approximate surface area is 176 Å². The zero-order valence-electron chi connectivity index (χ0n) is 17.0. The molecular formula is C25H26FNO3. The molecule has 3 rings (SSSR count). The molecule has 0 bridgehead atoms. The summed E-state index contributed by atoms with van der Waals surface area (Å²) < 4.78 is 19.9. The summed E-state index contributed by atoms with van der Waals surface area (Å²) in [5.74, 6) is -1.62. The summed E-state index contributed by atoms with van der Waals surface area (Å²) in [4.78, 5) is 11.0. The van der Waals surface area contributed by atoms with Crippen LogP contribution in [0, 0.1) is 5.82 Å². The average molecular weight is 407 g/mol. The van der Waals surface area contributed by atoms with Gasteiger partial charge in [-0.1, -0.05) is 61.9 Å². The topological polar surface area (TPSA) is 72.5 Å². The number of aliphatic carboxylic acids is 1. The molecule has 0 amide bonds. The second kappa shape index (κ2) is 10.0. The van der Waals surface area contributed by atoms with Crippen molar-refractivity contribution in [3.63, 3.8) is 0 Å². The van der Waals surface area contributed by atoms with Crippen molar-refractivity contribution in [1.29, 1.82) is 0 Å². The molecular weight excluding hydrogens is 381 g/mol. The Bertz CT molecular complexity index is 1020. The van der Waals surface area contributed by atoms with Gasteiger partial charge in [-0.25, -0.2) is 4.39 Å². The Morgan fingerprint density at radius 1 is 1.07 bits per heavy atom. The van der Waals surface area contributed by atoms with Crippen molar-refractivity contribution >= 4 is 5.97 Å². The van der Waals surface area contributed by atoms with E-state index in [4.69, 9.17) is 15.6 Å². The molecule has 30 heavy (non-hydrogen) atoms. The highest BCUT2D eigenvalue weighted by molar-refractivity contribution is 5.71. The number of para-hydroxylation sites is 1. The minimum atomic E-state index is -1.03. The second-order valence-electron chi connectivity index (χ2n) is 7.31. The van der Waals surface area contributed by atoms with E-state index in [1.165, 1.54) is 12.1 Å². The molecule has 5 heteroatoms. The fourth-order valence-electron chi connectivity index (χ4n) is 3.44. The van der Waals surface area contributed by atoms with Crippen LogP contribution in [0.15, 0.2) is 66.7 Å². The summed E-state index contributed by atoms with van der Waals surface area (Å²) in [6, 6.07) is 20.3. The zero-order chi connectivity index (χ0) is 21.5. The molecule has 156 valence electrons. The number of carboxylic acids is 1. The van der Waals surface area contributed by atoms with Gasteiger partial charge in [-0.3, -0.25) is 4.79 Å². The number of rotatable bonds is 9. The molecule has 0 saturated carbocycles. The summed E-state index contributed by atoms with van der Waals surface area (Å²) in [5.41, 5.74) is 10.6. The molecule has 3 aromatic carbocycles. The smallest absolute Gasteiger partial charge is 0.307 e. The third-order valence-electron chi connectivity index (χ3n) is 4.95. The van der Waals surface area contributed by atoms with E-state index in [0.29, 0.717) is 5.56 Å². The Morgan fingerprint density at radius 2 is 1.77 bits per heavy atom. The van der Waals surface area contributed by atoms with Crippen molar-refractivity contribution in [2.24, 2.45) is 5.73 Å². The number of hydrogen-bond donors (Lipinski definition) is 2. The fraction of sp³-hybridized carbons (Fsp3) is 0.240. The van der Waals surface area contributed by atoms with E-state index >= 15 is 0 Å². The van der Waals surface area contributed by atoms with E-state index in [0.717, 1.165) is 35.1 Å². The van der Waals surface area contributed by atoms with Crippen LogP contribution in [0.1, 0.15) is 42.5 Å². The molecule has 0 spiro atoms. The van der Waals surface area contributed by atoms with Gasteiger partial charge in [0.15, 0.2) is 11.6 Å². The molecule has 3 aromatic rings. The first kappa shape index (κ1) is 21.5. The van der Waals surface area contributed by atoms with Gasteiger partial charge in [-0.2, -0.15) is 0 Å². The maximum atomic E-state index is 14.2. The Kier molecular flexibility index (Phi) is 7.20. The molecule has 3 N–H and O–H groups in total. The highest BCUT2D eigenvalue weighted by atomic mass is 19.1. The Balaban J connectivity index is 1.79. The van der Waals surface area contributed by atoms with Crippen molar-refractivity contribution in [2.45, 2.75) is 38.8 Å². The van der Waals surface area contributed by atoms with E-state index in [9.17, 15) is 9.18 Å². The standard InChI is InChI=1S/C25H26FNO3/c1-2-6-23(27)20-10-4-9-19(14-20)18-8-3-7-17(13-18)16-30-25-21(15-24(28)29)11-5-12-22(25)26/h3-5,7-14,23H,2,6,15-16,27H2,1H3,(H,28,29)/t23-/m1/s1. The van der Waals surface area contributed by atoms with Crippen LogP contribution in [-0.2, 0) is 17.8 Å². The second-order valence-corrected chi connectivity index (χ2v) is 7.31. The molecule has 4 nitrogen and oxygen atoms in total. The lowest BCUT2D eigenvalue weighted by molar-refractivity contribution is -0.136. The van der Waals surface area contributed by atoms with Crippen LogP contribution in [0.25, 0.3) is 11.1 Å². The van der Waals surface area contributed by atoms with Gasteiger partial charge >= 0.3 is 5.97 Å². The molecule has 0 fully saturated rings. The van der Waals surface area contributed by atoms with Gasteiger partial charge in [0.2, 0.25) is 0 Å². The van der Waals surface area contributed by atoms with Crippen molar-refractivity contribution in [1.82, 2.24) is 0 Å². The van der Waals surface area contributed by atoms with Crippen LogP contribution in [0.5, 0.6) is 5.75 Å².